The van der Waals surface area contributed by atoms with Crippen LogP contribution in [0.4, 0.5) is 0 Å². The Labute approximate surface area is 211 Å². The van der Waals surface area contributed by atoms with E-state index in [0.717, 1.165) is 12.1 Å². The van der Waals surface area contributed by atoms with Gasteiger partial charge in [-0.2, -0.15) is 0 Å². The number of amides is 3. The molecule has 2 aliphatic heterocycles. The van der Waals surface area contributed by atoms with Gasteiger partial charge in [-0.1, -0.05) is 55.5 Å². The lowest BCUT2D eigenvalue weighted by Gasteiger charge is -2.33. The van der Waals surface area contributed by atoms with Gasteiger partial charge in [-0.3, -0.25) is 19.3 Å². The maximum Gasteiger partial charge on any atom is 0.243 e. The molecule has 0 aliphatic carbocycles. The summed E-state index contributed by atoms with van der Waals surface area (Å²) >= 11 is 3.33. The Morgan fingerprint density at radius 3 is 1.27 bits per heavy atom. The number of carbonyl (C=O) groups excluding carboxylic acids is 3. The molecule has 7 heteroatoms. The van der Waals surface area contributed by atoms with Crippen molar-refractivity contribution < 1.29 is 14.4 Å². The van der Waals surface area contributed by atoms with E-state index in [1.165, 1.54) is 4.90 Å². The molecule has 2 heterocycles. The van der Waals surface area contributed by atoms with Crippen LogP contribution in [0.15, 0.2) is 12.3 Å². The van der Waals surface area contributed by atoms with Gasteiger partial charge in [-0.05, 0) is 41.5 Å². The van der Waals surface area contributed by atoms with Gasteiger partial charge in [0.1, 0.15) is 0 Å². The lowest BCUT2D eigenvalue weighted by Crippen LogP contribution is -2.46. The number of rotatable bonds is 2. The van der Waals surface area contributed by atoms with Crippen LogP contribution < -0.4 is 0 Å². The summed E-state index contributed by atoms with van der Waals surface area (Å²) in [4.78, 5) is 39.5. The van der Waals surface area contributed by atoms with Crippen LogP contribution in [0.3, 0.4) is 0 Å². The highest BCUT2D eigenvalue weighted by molar-refractivity contribution is 8.02. The second-order valence-electron chi connectivity index (χ2n) is 12.5. The topological polar surface area (TPSA) is 57.7 Å². The molecular formula is C26H48N2O3S2. The monoisotopic (exact) mass is 500 g/mol. The van der Waals surface area contributed by atoms with Crippen molar-refractivity contribution >= 4 is 41.2 Å². The molecule has 2 aliphatic rings. The summed E-state index contributed by atoms with van der Waals surface area (Å²) in [5, 5.41) is -0.154. The van der Waals surface area contributed by atoms with Crippen molar-refractivity contribution in [2.45, 2.75) is 134 Å². The third-order valence-corrected chi connectivity index (χ3v) is 7.39. The van der Waals surface area contributed by atoms with Gasteiger partial charge in [-0.15, -0.1) is 23.5 Å². The summed E-state index contributed by atoms with van der Waals surface area (Å²) in [6.07, 6.45) is 1.13. The SMILES string of the molecule is C.C=C1CC(SC(C)(C)C)C(=O)N1C(C)(C)C.CC(C)(C)SC1CC(=O)N(C(C)(C)C)C1=O. The molecule has 0 bridgehead atoms. The minimum absolute atomic E-state index is 0. The molecule has 3 amide bonds. The summed E-state index contributed by atoms with van der Waals surface area (Å²) in [6, 6.07) is 0. The van der Waals surface area contributed by atoms with E-state index in [1.807, 2.05) is 25.7 Å². The summed E-state index contributed by atoms with van der Waals surface area (Å²) in [5.41, 5.74) is 0.405. The van der Waals surface area contributed by atoms with Crippen LogP contribution >= 0.6 is 23.5 Å². The third-order valence-electron chi connectivity index (χ3n) is 4.67. The molecule has 0 spiro atoms. The van der Waals surface area contributed by atoms with Crippen molar-refractivity contribution in [2.75, 3.05) is 0 Å². The van der Waals surface area contributed by atoms with Crippen molar-refractivity contribution in [1.82, 2.24) is 9.80 Å². The van der Waals surface area contributed by atoms with E-state index in [9.17, 15) is 14.4 Å². The Morgan fingerprint density at radius 2 is 1.00 bits per heavy atom. The van der Waals surface area contributed by atoms with Gasteiger partial charge in [0.05, 0.1) is 10.5 Å². The lowest BCUT2D eigenvalue weighted by atomic mass is 10.1. The van der Waals surface area contributed by atoms with Crippen molar-refractivity contribution in [3.05, 3.63) is 12.3 Å². The van der Waals surface area contributed by atoms with Gasteiger partial charge in [0.15, 0.2) is 0 Å². The molecule has 0 saturated carbocycles. The van der Waals surface area contributed by atoms with E-state index in [4.69, 9.17) is 0 Å². The van der Waals surface area contributed by atoms with Crippen LogP contribution in [-0.2, 0) is 14.4 Å². The summed E-state index contributed by atoms with van der Waals surface area (Å²) < 4.78 is 0.128. The van der Waals surface area contributed by atoms with Crippen molar-refractivity contribution in [2.24, 2.45) is 0 Å². The standard InChI is InChI=1S/C13H23NOS.C12H21NO2S.CH4/c1-9-8-10(16-13(5,6)7)11(15)14(9)12(2,3)4;1-11(2,3)13-9(14)7-8(10(13)15)16-12(4,5)6;/h10H,1,8H2,2-7H3;8H,7H2,1-6H3;1H4. The van der Waals surface area contributed by atoms with Crippen LogP contribution in [0.2, 0.25) is 0 Å². The van der Waals surface area contributed by atoms with Gasteiger partial charge in [-0.25, -0.2) is 0 Å². The fraction of sp³-hybridized carbons (Fsp3) is 0.808. The maximum atomic E-state index is 12.3. The largest absolute Gasteiger partial charge is 0.311 e. The summed E-state index contributed by atoms with van der Waals surface area (Å²) in [5.74, 6) is 0.147. The summed E-state index contributed by atoms with van der Waals surface area (Å²) in [7, 11) is 0. The fourth-order valence-electron chi connectivity index (χ4n) is 3.84. The molecular weight excluding hydrogens is 452 g/mol. The molecule has 0 aromatic rings. The van der Waals surface area contributed by atoms with Crippen molar-refractivity contribution in [3.63, 3.8) is 0 Å². The molecule has 0 aromatic heterocycles. The molecule has 0 aromatic carbocycles. The number of thioether (sulfide) groups is 2. The first-order valence-electron chi connectivity index (χ1n) is 11.3. The van der Waals surface area contributed by atoms with Gasteiger partial charge >= 0.3 is 0 Å². The predicted molar refractivity (Wildman–Crippen MR) is 146 cm³/mol. The first kappa shape index (κ1) is 32.0. The maximum absolute atomic E-state index is 12.3. The second kappa shape index (κ2) is 10.8. The molecule has 33 heavy (non-hydrogen) atoms. The van der Waals surface area contributed by atoms with E-state index >= 15 is 0 Å². The number of allylic oxidation sites excluding steroid dienone is 1. The van der Waals surface area contributed by atoms with Crippen LogP contribution in [0.25, 0.3) is 0 Å². The Morgan fingerprint density at radius 1 is 0.667 bits per heavy atom. The van der Waals surface area contributed by atoms with E-state index in [1.54, 1.807) is 23.5 Å². The van der Waals surface area contributed by atoms with E-state index in [2.05, 4.69) is 68.9 Å². The Balaban J connectivity index is 0.000000602. The van der Waals surface area contributed by atoms with E-state index < -0.39 is 5.54 Å². The minimum atomic E-state index is -0.401. The minimum Gasteiger partial charge on any atom is -0.311 e. The molecule has 2 atom stereocenters. The third kappa shape index (κ3) is 9.31. The Bertz CT molecular complexity index is 685. The van der Waals surface area contributed by atoms with Gasteiger partial charge in [0.2, 0.25) is 17.7 Å². The number of nitrogens with zero attached hydrogens (tertiary/aromatic N) is 2. The van der Waals surface area contributed by atoms with Crippen molar-refractivity contribution in [1.29, 1.82) is 0 Å². The number of hydrogen-bond acceptors (Lipinski definition) is 5. The highest BCUT2D eigenvalue weighted by Crippen LogP contribution is 2.40. The highest BCUT2D eigenvalue weighted by atomic mass is 32.2. The lowest BCUT2D eigenvalue weighted by molar-refractivity contribution is -0.143. The van der Waals surface area contributed by atoms with Gasteiger partial charge in [0, 0.05) is 39.1 Å². The molecule has 2 unspecified atom stereocenters. The summed E-state index contributed by atoms with van der Waals surface area (Å²) in [6.45, 7) is 28.5. The zero-order valence-corrected chi connectivity index (χ0v) is 23.8. The second-order valence-corrected chi connectivity index (χ2v) is 16.6. The van der Waals surface area contributed by atoms with E-state index in [0.29, 0.717) is 6.42 Å². The molecule has 2 fully saturated rings. The fourth-order valence-corrected chi connectivity index (χ4v) is 6.47. The zero-order chi connectivity index (χ0) is 25.4. The first-order chi connectivity index (χ1) is 14.0. The molecule has 2 rings (SSSR count). The molecule has 0 radical (unpaired) electrons. The van der Waals surface area contributed by atoms with E-state index in [-0.39, 0.29) is 50.7 Å². The average molecular weight is 501 g/mol. The van der Waals surface area contributed by atoms with Crippen LogP contribution in [0.1, 0.15) is 103 Å². The number of imide groups is 1. The molecule has 0 N–H and O–H groups in total. The quantitative estimate of drug-likeness (QED) is 0.404. The van der Waals surface area contributed by atoms with Gasteiger partial charge in [0.25, 0.3) is 0 Å². The van der Waals surface area contributed by atoms with Crippen LogP contribution in [-0.4, -0.2) is 58.6 Å². The number of hydrogen-bond donors (Lipinski definition) is 0. The van der Waals surface area contributed by atoms with Crippen LogP contribution in [0.5, 0.6) is 0 Å². The number of carbonyl (C=O) groups is 3. The molecule has 2 saturated heterocycles. The first-order valence-corrected chi connectivity index (χ1v) is 13.0. The smallest absolute Gasteiger partial charge is 0.243 e. The highest BCUT2D eigenvalue weighted by Gasteiger charge is 2.45. The average Bonchev–Trinajstić information content (AvgIpc) is 2.91. The normalized spacial score (nSPS) is 22.4. The molecule has 192 valence electrons. The zero-order valence-electron chi connectivity index (χ0n) is 22.2. The van der Waals surface area contributed by atoms with Gasteiger partial charge < -0.3 is 4.90 Å². The predicted octanol–water partition coefficient (Wildman–Crippen LogP) is 6.51. The van der Waals surface area contributed by atoms with Crippen molar-refractivity contribution in [3.8, 4) is 0 Å². The number of likely N-dealkylation sites (tertiary alicyclic amines) is 2. The Hall–Kier alpha value is -0.950. The molecule has 5 nitrogen and oxygen atoms in total. The Kier molecular flexibility index (Phi) is 10.4. The van der Waals surface area contributed by atoms with Crippen LogP contribution in [0, 0.1) is 0 Å².